The fraction of sp³-hybridized carbons (Fsp3) is 0.846. The molecule has 1 aromatic rings. The van der Waals surface area contributed by atoms with Gasteiger partial charge in [-0.3, -0.25) is 4.90 Å². The first kappa shape index (κ1) is 13.0. The monoisotopic (exact) mass is 266 g/mol. The number of aromatic nitrogens is 2. The highest BCUT2D eigenvalue weighted by Gasteiger charge is 2.50. The van der Waals surface area contributed by atoms with Gasteiger partial charge in [-0.05, 0) is 11.8 Å². The predicted octanol–water partition coefficient (Wildman–Crippen LogP) is 0.915. The number of hydrogen-bond donors (Lipinski definition) is 1. The van der Waals surface area contributed by atoms with Gasteiger partial charge < -0.3 is 15.0 Å². The summed E-state index contributed by atoms with van der Waals surface area (Å²) in [6.45, 7) is 8.60. The van der Waals surface area contributed by atoms with Gasteiger partial charge in [-0.25, -0.2) is 0 Å². The van der Waals surface area contributed by atoms with Crippen LogP contribution in [-0.2, 0) is 4.74 Å². The third kappa shape index (κ3) is 2.80. The van der Waals surface area contributed by atoms with Gasteiger partial charge in [-0.1, -0.05) is 19.0 Å². The molecule has 2 heterocycles. The van der Waals surface area contributed by atoms with E-state index in [1.807, 2.05) is 0 Å². The van der Waals surface area contributed by atoms with E-state index in [-0.39, 0.29) is 6.04 Å². The summed E-state index contributed by atoms with van der Waals surface area (Å²) in [6.07, 6.45) is 1.12. The maximum absolute atomic E-state index is 6.16. The molecular formula is C13H22N4O2. The highest BCUT2D eigenvalue weighted by atomic mass is 16.5. The van der Waals surface area contributed by atoms with Crippen LogP contribution in [0.4, 0.5) is 0 Å². The number of ether oxygens (including phenoxy) is 1. The molecule has 2 unspecified atom stereocenters. The summed E-state index contributed by atoms with van der Waals surface area (Å²) in [5.74, 6) is 1.78. The van der Waals surface area contributed by atoms with Crippen LogP contribution >= 0.6 is 0 Å². The van der Waals surface area contributed by atoms with Gasteiger partial charge in [0.15, 0.2) is 5.82 Å². The topological polar surface area (TPSA) is 77.4 Å². The first-order chi connectivity index (χ1) is 9.06. The third-order valence-corrected chi connectivity index (χ3v) is 4.16. The highest BCUT2D eigenvalue weighted by Crippen LogP contribution is 2.58. The molecule has 1 saturated heterocycles. The maximum atomic E-state index is 6.16. The molecule has 2 fully saturated rings. The molecule has 6 nitrogen and oxygen atoms in total. The van der Waals surface area contributed by atoms with Crippen LogP contribution in [-0.4, -0.2) is 47.9 Å². The molecule has 2 atom stereocenters. The molecule has 2 aliphatic rings. The van der Waals surface area contributed by atoms with Gasteiger partial charge in [0, 0.05) is 25.6 Å². The Labute approximate surface area is 113 Å². The van der Waals surface area contributed by atoms with E-state index >= 15 is 0 Å². The molecule has 0 spiro atoms. The van der Waals surface area contributed by atoms with Crippen molar-refractivity contribution in [1.82, 2.24) is 15.0 Å². The summed E-state index contributed by atoms with van der Waals surface area (Å²) in [6, 6.07) is -0.183. The molecule has 1 saturated carbocycles. The predicted molar refractivity (Wildman–Crippen MR) is 69.6 cm³/mol. The van der Waals surface area contributed by atoms with Gasteiger partial charge in [-0.2, -0.15) is 4.98 Å². The van der Waals surface area contributed by atoms with Gasteiger partial charge in [-0.15, -0.1) is 0 Å². The lowest BCUT2D eigenvalue weighted by Crippen LogP contribution is -2.40. The second kappa shape index (κ2) is 4.85. The second-order valence-electron chi connectivity index (χ2n) is 6.26. The van der Waals surface area contributed by atoms with Crippen molar-refractivity contribution in [1.29, 1.82) is 0 Å². The van der Waals surface area contributed by atoms with E-state index in [4.69, 9.17) is 15.0 Å². The Morgan fingerprint density at radius 3 is 2.74 bits per heavy atom. The number of nitrogens with zero attached hydrogens (tertiary/aromatic N) is 3. The average molecular weight is 266 g/mol. The zero-order valence-electron chi connectivity index (χ0n) is 11.6. The van der Waals surface area contributed by atoms with Crippen molar-refractivity contribution in [2.24, 2.45) is 11.1 Å². The minimum atomic E-state index is -0.183. The summed E-state index contributed by atoms with van der Waals surface area (Å²) >= 11 is 0. The molecule has 106 valence electrons. The van der Waals surface area contributed by atoms with E-state index in [1.165, 1.54) is 0 Å². The number of morpholine rings is 1. The smallest absolute Gasteiger partial charge is 0.230 e. The van der Waals surface area contributed by atoms with Gasteiger partial charge >= 0.3 is 0 Å². The summed E-state index contributed by atoms with van der Waals surface area (Å²) < 4.78 is 10.7. The van der Waals surface area contributed by atoms with E-state index in [0.717, 1.165) is 45.2 Å². The molecule has 19 heavy (non-hydrogen) atoms. The van der Waals surface area contributed by atoms with E-state index in [9.17, 15) is 0 Å². The standard InChI is InChI=1S/C13H22N4O2/c1-13(2)7-9(13)12-15-11(16-19-12)10(14)8-17-3-5-18-6-4-17/h9-10H,3-8,14H2,1-2H3. The van der Waals surface area contributed by atoms with Crippen LogP contribution < -0.4 is 5.73 Å². The van der Waals surface area contributed by atoms with Crippen molar-refractivity contribution in [3.8, 4) is 0 Å². The zero-order valence-corrected chi connectivity index (χ0v) is 11.6. The van der Waals surface area contributed by atoms with Crippen molar-refractivity contribution >= 4 is 0 Å². The third-order valence-electron chi connectivity index (χ3n) is 4.16. The normalized spacial score (nSPS) is 28.3. The van der Waals surface area contributed by atoms with Gasteiger partial charge in [0.05, 0.1) is 19.3 Å². The average Bonchev–Trinajstić information content (AvgIpc) is 2.83. The van der Waals surface area contributed by atoms with E-state index in [1.54, 1.807) is 0 Å². The maximum Gasteiger partial charge on any atom is 0.230 e. The summed E-state index contributed by atoms with van der Waals surface area (Å²) in [5, 5.41) is 4.04. The Morgan fingerprint density at radius 1 is 1.42 bits per heavy atom. The van der Waals surface area contributed by atoms with Crippen molar-refractivity contribution < 1.29 is 9.26 Å². The molecule has 0 amide bonds. The van der Waals surface area contributed by atoms with Crippen molar-refractivity contribution in [2.75, 3.05) is 32.8 Å². The van der Waals surface area contributed by atoms with Crippen LogP contribution in [0.25, 0.3) is 0 Å². The number of rotatable bonds is 4. The van der Waals surface area contributed by atoms with E-state index in [2.05, 4.69) is 28.9 Å². The molecule has 0 bridgehead atoms. The zero-order chi connectivity index (χ0) is 13.5. The second-order valence-corrected chi connectivity index (χ2v) is 6.26. The lowest BCUT2D eigenvalue weighted by Gasteiger charge is -2.27. The minimum Gasteiger partial charge on any atom is -0.379 e. The molecule has 0 radical (unpaired) electrons. The highest BCUT2D eigenvalue weighted by molar-refractivity contribution is 5.13. The van der Waals surface area contributed by atoms with E-state index in [0.29, 0.717) is 17.2 Å². The van der Waals surface area contributed by atoms with Crippen LogP contribution in [0.15, 0.2) is 4.52 Å². The quantitative estimate of drug-likeness (QED) is 0.873. The van der Waals surface area contributed by atoms with E-state index < -0.39 is 0 Å². The molecule has 1 aromatic heterocycles. The molecule has 1 aliphatic carbocycles. The van der Waals surface area contributed by atoms with Gasteiger partial charge in [0.2, 0.25) is 5.89 Å². The van der Waals surface area contributed by atoms with Crippen molar-refractivity contribution in [3.63, 3.8) is 0 Å². The molecule has 2 N–H and O–H groups in total. The first-order valence-electron chi connectivity index (χ1n) is 6.95. The summed E-state index contributed by atoms with van der Waals surface area (Å²) in [7, 11) is 0. The Hall–Kier alpha value is -0.980. The fourth-order valence-corrected chi connectivity index (χ4v) is 2.57. The molecule has 1 aliphatic heterocycles. The molecule has 6 heteroatoms. The molecular weight excluding hydrogens is 244 g/mol. The summed E-state index contributed by atoms with van der Waals surface area (Å²) in [5.41, 5.74) is 6.46. The number of hydrogen-bond acceptors (Lipinski definition) is 6. The van der Waals surface area contributed by atoms with Crippen LogP contribution in [0.2, 0.25) is 0 Å². The van der Waals surface area contributed by atoms with Crippen LogP contribution in [0.1, 0.15) is 43.9 Å². The Bertz CT molecular complexity index is 440. The van der Waals surface area contributed by atoms with Crippen molar-refractivity contribution in [3.05, 3.63) is 11.7 Å². The van der Waals surface area contributed by atoms with Crippen molar-refractivity contribution in [2.45, 2.75) is 32.2 Å². The van der Waals surface area contributed by atoms with Crippen LogP contribution in [0.3, 0.4) is 0 Å². The van der Waals surface area contributed by atoms with Crippen LogP contribution in [0.5, 0.6) is 0 Å². The van der Waals surface area contributed by atoms with Gasteiger partial charge in [0.1, 0.15) is 0 Å². The lowest BCUT2D eigenvalue weighted by atomic mass is 10.1. The molecule has 3 rings (SSSR count). The van der Waals surface area contributed by atoms with Crippen LogP contribution in [0, 0.1) is 5.41 Å². The minimum absolute atomic E-state index is 0.183. The fourth-order valence-electron chi connectivity index (χ4n) is 2.57. The van der Waals surface area contributed by atoms with Gasteiger partial charge in [0.25, 0.3) is 0 Å². The Balaban J connectivity index is 1.59. The number of nitrogens with two attached hydrogens (primary N) is 1. The Morgan fingerprint density at radius 2 is 2.11 bits per heavy atom. The molecule has 0 aromatic carbocycles. The largest absolute Gasteiger partial charge is 0.379 e. The SMILES string of the molecule is CC1(C)CC1c1nc(C(N)CN2CCOCC2)no1. The Kier molecular flexibility index (Phi) is 3.32. The first-order valence-corrected chi connectivity index (χ1v) is 6.95. The summed E-state index contributed by atoms with van der Waals surface area (Å²) in [4.78, 5) is 6.76. The lowest BCUT2D eigenvalue weighted by molar-refractivity contribution is 0.0348.